The molecule has 0 aliphatic carbocycles. The molecule has 0 radical (unpaired) electrons. The number of fused-ring (bicyclic) bond motifs is 5. The van der Waals surface area contributed by atoms with Crippen LogP contribution in [0.1, 0.15) is 122 Å². The van der Waals surface area contributed by atoms with E-state index in [1.54, 1.807) is 0 Å². The van der Waals surface area contributed by atoms with Gasteiger partial charge in [-0.15, -0.1) is 22.1 Å². The number of nitrogens with zero attached hydrogens (tertiary/aromatic N) is 3. The SMILES string of the molecule is C=C1/C=c2\[n-]/c(c(CC)c2CC)=C\C2=NC(=C\c3[n-]c(c(CC)c3CC)/C=C(C)/C(CC)=C\1CC)/C(CC)=C2CC.[CH3-].[Pt]. The van der Waals surface area contributed by atoms with Crippen molar-refractivity contribution in [2.75, 3.05) is 0 Å². The van der Waals surface area contributed by atoms with Crippen molar-refractivity contribution in [1.29, 1.82) is 0 Å². The topological polar surface area (TPSA) is 40.6 Å². The van der Waals surface area contributed by atoms with Gasteiger partial charge in [0.2, 0.25) is 0 Å². The molecule has 0 saturated carbocycles. The minimum Gasteiger partial charge on any atom is -0.657 e. The summed E-state index contributed by atoms with van der Waals surface area (Å²) in [5.74, 6) is 0. The molecule has 0 aromatic carbocycles. The molecule has 0 N–H and O–H groups in total. The van der Waals surface area contributed by atoms with Gasteiger partial charge >= 0.3 is 0 Å². The van der Waals surface area contributed by atoms with Gasteiger partial charge in [0.25, 0.3) is 0 Å². The molecule has 0 atom stereocenters. The Morgan fingerprint density at radius 3 is 1.53 bits per heavy atom. The van der Waals surface area contributed by atoms with Crippen molar-refractivity contribution >= 4 is 30.0 Å². The molecule has 2 aliphatic heterocycles. The Bertz CT molecular complexity index is 1630. The molecular weight excluding hydrogens is 706 g/mol. The zero-order chi connectivity index (χ0) is 29.8. The fraction of sp³-hybridized carbons (Fsp3) is 0.436. The van der Waals surface area contributed by atoms with Crippen molar-refractivity contribution in [3.63, 3.8) is 0 Å². The van der Waals surface area contributed by atoms with Crippen LogP contribution in [0.4, 0.5) is 0 Å². The maximum Gasteiger partial charge on any atom is 0.0660 e. The monoisotopic (exact) mass is 757 g/mol. The van der Waals surface area contributed by atoms with E-state index in [1.165, 1.54) is 50.1 Å². The van der Waals surface area contributed by atoms with Crippen LogP contribution in [0.3, 0.4) is 0 Å². The fourth-order valence-electron chi connectivity index (χ4n) is 6.97. The second kappa shape index (κ2) is 15.9. The maximum atomic E-state index is 5.27. The van der Waals surface area contributed by atoms with E-state index < -0.39 is 0 Å². The van der Waals surface area contributed by atoms with Crippen LogP contribution in [-0.4, -0.2) is 5.71 Å². The van der Waals surface area contributed by atoms with Gasteiger partial charge < -0.3 is 17.4 Å². The molecule has 0 amide bonds. The molecule has 6 bridgehead atoms. The summed E-state index contributed by atoms with van der Waals surface area (Å²) >= 11 is 0. The second-order valence-electron chi connectivity index (χ2n) is 11.1. The van der Waals surface area contributed by atoms with Crippen LogP contribution in [0.15, 0.2) is 50.7 Å². The van der Waals surface area contributed by atoms with Crippen molar-refractivity contribution in [2.24, 2.45) is 4.99 Å². The van der Waals surface area contributed by atoms with Crippen molar-refractivity contribution in [3.8, 4) is 0 Å². The van der Waals surface area contributed by atoms with Crippen LogP contribution in [-0.2, 0) is 46.7 Å². The molecular formula is C39H52N3Pt-3. The number of allylic oxidation sites excluding steroid dienone is 6. The van der Waals surface area contributed by atoms with E-state index >= 15 is 0 Å². The minimum absolute atomic E-state index is 0. The van der Waals surface area contributed by atoms with Gasteiger partial charge in [0, 0.05) is 21.1 Å². The first-order valence-electron chi connectivity index (χ1n) is 16.0. The Morgan fingerprint density at radius 2 is 1.05 bits per heavy atom. The summed E-state index contributed by atoms with van der Waals surface area (Å²) in [7, 11) is 0. The van der Waals surface area contributed by atoms with Crippen LogP contribution in [0.2, 0.25) is 0 Å². The van der Waals surface area contributed by atoms with E-state index in [4.69, 9.17) is 15.0 Å². The molecule has 4 heteroatoms. The van der Waals surface area contributed by atoms with Gasteiger partial charge in [-0.1, -0.05) is 109 Å². The molecule has 0 unspecified atom stereocenters. The zero-order valence-corrected chi connectivity index (χ0v) is 30.6. The summed E-state index contributed by atoms with van der Waals surface area (Å²) < 4.78 is 0. The third-order valence-corrected chi connectivity index (χ3v) is 8.94. The van der Waals surface area contributed by atoms with Crippen molar-refractivity contribution in [1.82, 2.24) is 9.97 Å². The Labute approximate surface area is 276 Å². The van der Waals surface area contributed by atoms with Gasteiger partial charge in [0.15, 0.2) is 0 Å². The molecule has 0 saturated heterocycles. The van der Waals surface area contributed by atoms with Crippen LogP contribution in [0.5, 0.6) is 0 Å². The number of hydrogen-bond donors (Lipinski definition) is 0. The summed E-state index contributed by atoms with van der Waals surface area (Å²) in [5, 5.41) is 2.11. The number of aromatic nitrogens is 2. The molecule has 4 rings (SSSR count). The number of rotatable bonds is 8. The number of aliphatic imine (C=N–C) groups is 1. The quantitative estimate of drug-likeness (QED) is 0.254. The van der Waals surface area contributed by atoms with Gasteiger partial charge in [-0.3, -0.25) is 0 Å². The molecule has 2 aromatic heterocycles. The average Bonchev–Trinajstić information content (AvgIpc) is 3.59. The third kappa shape index (κ3) is 6.88. The molecule has 3 nitrogen and oxygen atoms in total. The zero-order valence-electron chi connectivity index (χ0n) is 28.3. The van der Waals surface area contributed by atoms with Gasteiger partial charge in [0.05, 0.1) is 11.4 Å². The molecule has 4 heterocycles. The third-order valence-electron chi connectivity index (χ3n) is 8.94. The van der Waals surface area contributed by atoms with Crippen molar-refractivity contribution in [2.45, 2.75) is 114 Å². The standard InChI is InChI=1S/C38H49N3.CH3.Pt/c1-11-25-23(9)19-33-27(13-3)29(15-5)35(39-33)21-37-31(17-7)32(18-8)38(41-37)22-36-30(16-6)28(14-4)34(40-36)20-24(10)26(25)12-2;;/h19-22H,9,11-18H2,1-8,10H3;1H3;/q-2;-1;/b24-20+,26-25-,33-19-,35-21-,38-22-;;. The Morgan fingerprint density at radius 1 is 0.558 bits per heavy atom. The largest absolute Gasteiger partial charge is 0.657 e. The smallest absolute Gasteiger partial charge is 0.0660 e. The summed E-state index contributed by atoms with van der Waals surface area (Å²) in [5.41, 5.74) is 17.3. The summed E-state index contributed by atoms with van der Waals surface area (Å²) in [6.45, 7) is 24.8. The normalized spacial score (nSPS) is 20.9. The predicted molar refractivity (Wildman–Crippen MR) is 185 cm³/mol. The van der Waals surface area contributed by atoms with E-state index in [-0.39, 0.29) is 28.5 Å². The van der Waals surface area contributed by atoms with E-state index in [0.717, 1.165) is 90.4 Å². The van der Waals surface area contributed by atoms with E-state index in [1.807, 2.05) is 0 Å². The predicted octanol–water partition coefficient (Wildman–Crippen LogP) is 8.56. The fourth-order valence-corrected chi connectivity index (χ4v) is 6.97. The first kappa shape index (κ1) is 36.5. The molecule has 2 aromatic rings. The van der Waals surface area contributed by atoms with E-state index in [2.05, 4.69) is 93.2 Å². The van der Waals surface area contributed by atoms with Crippen LogP contribution in [0.25, 0.3) is 24.3 Å². The summed E-state index contributed by atoms with van der Waals surface area (Å²) in [6.07, 6.45) is 16.6. The Kier molecular flexibility index (Phi) is 13.5. The molecule has 0 spiro atoms. The summed E-state index contributed by atoms with van der Waals surface area (Å²) in [4.78, 5) is 15.8. The molecule has 0 fully saturated rings. The summed E-state index contributed by atoms with van der Waals surface area (Å²) in [6, 6.07) is 0. The van der Waals surface area contributed by atoms with Gasteiger partial charge in [-0.05, 0) is 91.7 Å². The van der Waals surface area contributed by atoms with Crippen LogP contribution < -0.4 is 20.7 Å². The average molecular weight is 758 g/mol. The van der Waals surface area contributed by atoms with Gasteiger partial charge in [-0.2, -0.15) is 0 Å². The van der Waals surface area contributed by atoms with Crippen LogP contribution >= 0.6 is 0 Å². The molecule has 43 heavy (non-hydrogen) atoms. The van der Waals surface area contributed by atoms with Gasteiger partial charge in [-0.25, -0.2) is 4.99 Å². The number of hydrogen-bond acceptors (Lipinski definition) is 1. The first-order valence-corrected chi connectivity index (χ1v) is 16.0. The first-order chi connectivity index (χ1) is 19.8. The second-order valence-corrected chi connectivity index (χ2v) is 11.1. The minimum atomic E-state index is 0. The van der Waals surface area contributed by atoms with Gasteiger partial charge in [0.1, 0.15) is 0 Å². The Balaban J connectivity index is 0.00000323. The van der Waals surface area contributed by atoms with E-state index in [9.17, 15) is 0 Å². The van der Waals surface area contributed by atoms with E-state index in [0.29, 0.717) is 0 Å². The molecule has 2 aliphatic rings. The van der Waals surface area contributed by atoms with Crippen molar-refractivity contribution in [3.05, 3.63) is 97.5 Å². The van der Waals surface area contributed by atoms with Crippen LogP contribution in [0, 0.1) is 7.43 Å². The molecule has 236 valence electrons. The van der Waals surface area contributed by atoms with Crippen molar-refractivity contribution < 1.29 is 21.1 Å². The Hall–Kier alpha value is -2.64. The maximum absolute atomic E-state index is 5.27.